The Morgan fingerprint density at radius 3 is 2.41 bits per heavy atom. The van der Waals surface area contributed by atoms with Gasteiger partial charge in [0.2, 0.25) is 11.8 Å². The molecule has 2 aromatic carbocycles. The number of carbonyl (C=O) groups is 2. The molecule has 2 amide bonds. The minimum Gasteiger partial charge on any atom is -0.508 e. The van der Waals surface area contributed by atoms with Crippen LogP contribution < -0.4 is 9.77 Å². The third-order valence-corrected chi connectivity index (χ3v) is 10.7. The number of phenolic OH excluding ortho intramolecular Hbond substituents is 1. The molecule has 4 aliphatic rings. The molecule has 2 N–H and O–H groups in total. The van der Waals surface area contributed by atoms with E-state index in [-0.39, 0.29) is 51.4 Å². The molecule has 0 spiro atoms. The van der Waals surface area contributed by atoms with Gasteiger partial charge in [-0.1, -0.05) is 29.5 Å². The molecular weight excluding hydrogens is 475 g/mol. The number of aromatic amines is 1. The van der Waals surface area contributed by atoms with Crippen molar-refractivity contribution in [1.82, 2.24) is 4.98 Å². The van der Waals surface area contributed by atoms with Gasteiger partial charge in [0.15, 0.2) is 0 Å². The molecule has 6 nitrogen and oxygen atoms in total. The highest BCUT2D eigenvalue weighted by Crippen LogP contribution is 2.69. The summed E-state index contributed by atoms with van der Waals surface area (Å²) in [7, 11) is 0. The quantitative estimate of drug-likeness (QED) is 0.527. The number of nitrogens with zero attached hydrogens (tertiary/aromatic N) is 1. The Morgan fingerprint density at radius 2 is 1.68 bits per heavy atom. The Bertz CT molecular complexity index is 1420. The van der Waals surface area contributed by atoms with Gasteiger partial charge in [-0.3, -0.25) is 19.3 Å². The van der Waals surface area contributed by atoms with Gasteiger partial charge >= 0.3 is 4.87 Å². The minimum absolute atomic E-state index is 0.00296. The number of thiazole rings is 1. The highest BCUT2D eigenvalue weighted by atomic mass is 32.2. The lowest BCUT2D eigenvalue weighted by molar-refractivity contribution is -0.123. The summed E-state index contributed by atoms with van der Waals surface area (Å²) < 4.78 is 13.5. The maximum atomic E-state index is 13.6. The van der Waals surface area contributed by atoms with Crippen LogP contribution >= 0.6 is 23.1 Å². The lowest BCUT2D eigenvalue weighted by Crippen LogP contribution is -2.42. The molecule has 172 valence electrons. The van der Waals surface area contributed by atoms with Crippen molar-refractivity contribution in [3.63, 3.8) is 0 Å². The normalized spacial score (nSPS) is 33.2. The van der Waals surface area contributed by atoms with Gasteiger partial charge in [0.05, 0.1) is 22.5 Å². The van der Waals surface area contributed by atoms with Crippen LogP contribution in [0.1, 0.15) is 22.8 Å². The second-order valence-electron chi connectivity index (χ2n) is 9.51. The van der Waals surface area contributed by atoms with Crippen molar-refractivity contribution in [3.8, 4) is 5.75 Å². The maximum Gasteiger partial charge on any atom is 0.305 e. The largest absolute Gasteiger partial charge is 0.508 e. The van der Waals surface area contributed by atoms with E-state index < -0.39 is 17.7 Å². The molecular formula is C25H19FN2O4S2. The number of thioether (sulfide) groups is 1. The second kappa shape index (κ2) is 7.05. The number of H-pyrrole nitrogens is 1. The number of anilines is 1. The van der Waals surface area contributed by atoms with E-state index in [0.717, 1.165) is 33.2 Å². The third kappa shape index (κ3) is 2.59. The SMILES string of the molecule is O=C1[C@H]2[C@H]3C[C@@H]([C@@H]4Sc5[nH]c(=O)sc5[C@H](c5ccccc5O)[C@H]34)[C@@H]2C(=O)N1c1ccc(F)cc1. The third-order valence-electron chi connectivity index (χ3n) is 8.08. The summed E-state index contributed by atoms with van der Waals surface area (Å²) in [6.45, 7) is 0. The van der Waals surface area contributed by atoms with E-state index in [1.54, 1.807) is 23.9 Å². The number of fused-ring (bicyclic) bond motifs is 9. The molecule has 9 heteroatoms. The number of para-hydroxylation sites is 1. The van der Waals surface area contributed by atoms with Crippen LogP contribution in [0.25, 0.3) is 0 Å². The summed E-state index contributed by atoms with van der Waals surface area (Å²) in [5, 5.41) is 11.6. The lowest BCUT2D eigenvalue weighted by atomic mass is 9.68. The van der Waals surface area contributed by atoms with Crippen molar-refractivity contribution in [1.29, 1.82) is 0 Å². The molecule has 7 atom stereocenters. The Morgan fingerprint density at radius 1 is 0.971 bits per heavy atom. The fraction of sp³-hybridized carbons (Fsp3) is 0.320. The fourth-order valence-electron chi connectivity index (χ4n) is 6.96. The molecule has 3 aromatic rings. The van der Waals surface area contributed by atoms with Crippen LogP contribution in [-0.4, -0.2) is 27.2 Å². The average molecular weight is 495 g/mol. The van der Waals surface area contributed by atoms with E-state index in [9.17, 15) is 23.9 Å². The van der Waals surface area contributed by atoms with Crippen molar-refractivity contribution in [2.75, 3.05) is 4.90 Å². The molecule has 2 saturated carbocycles. The van der Waals surface area contributed by atoms with Gasteiger partial charge in [-0.2, -0.15) is 0 Å². The van der Waals surface area contributed by atoms with Gasteiger partial charge in [-0.25, -0.2) is 4.39 Å². The summed E-state index contributed by atoms with van der Waals surface area (Å²) in [5.41, 5.74) is 1.16. The number of imide groups is 1. The standard InChI is InChI=1S/C25H19FN2O4S2/c26-10-5-7-11(8-6-10)28-23(30)18-13-9-14(19(18)24(28)31)20-17(13)16(12-3-1-2-4-15(12)29)21-22(33-20)27-25(32)34-21/h1-8,13-14,16-20,29H,9H2,(H,27,32)/t13-,14+,16+,17-,18-,19-,20-/m0/s1. The smallest absolute Gasteiger partial charge is 0.305 e. The zero-order valence-corrected chi connectivity index (χ0v) is 19.3. The number of aromatic hydroxyl groups is 1. The van der Waals surface area contributed by atoms with Crippen LogP contribution in [-0.2, 0) is 9.59 Å². The number of phenols is 1. The monoisotopic (exact) mass is 494 g/mol. The summed E-state index contributed by atoms with van der Waals surface area (Å²) in [6.07, 6.45) is 0.773. The average Bonchev–Trinajstić information content (AvgIpc) is 3.54. The van der Waals surface area contributed by atoms with E-state index >= 15 is 0 Å². The van der Waals surface area contributed by atoms with Crippen molar-refractivity contribution in [2.24, 2.45) is 29.6 Å². The minimum atomic E-state index is -0.435. The van der Waals surface area contributed by atoms with Crippen LogP contribution in [0.4, 0.5) is 10.1 Å². The van der Waals surface area contributed by atoms with Gasteiger partial charge in [0.1, 0.15) is 11.6 Å². The Kier molecular flexibility index (Phi) is 4.24. The van der Waals surface area contributed by atoms with Gasteiger partial charge in [-0.05, 0) is 54.5 Å². The molecule has 2 aliphatic heterocycles. The van der Waals surface area contributed by atoms with Crippen LogP contribution in [0.15, 0.2) is 58.4 Å². The summed E-state index contributed by atoms with van der Waals surface area (Å²) in [4.78, 5) is 44.4. The highest BCUT2D eigenvalue weighted by molar-refractivity contribution is 8.00. The first-order chi connectivity index (χ1) is 16.4. The van der Waals surface area contributed by atoms with Crippen molar-refractivity contribution >= 4 is 40.6 Å². The summed E-state index contributed by atoms with van der Waals surface area (Å²) in [5.74, 6) is -1.76. The number of hydrogen-bond acceptors (Lipinski definition) is 6. The van der Waals surface area contributed by atoms with Gasteiger partial charge in [-0.15, -0.1) is 11.8 Å². The number of hydrogen-bond donors (Lipinski definition) is 2. The van der Waals surface area contributed by atoms with E-state index in [4.69, 9.17) is 0 Å². The lowest BCUT2D eigenvalue weighted by Gasteiger charge is -2.43. The molecule has 0 unspecified atom stereocenters. The zero-order chi connectivity index (χ0) is 23.3. The number of nitrogens with one attached hydrogen (secondary N) is 1. The van der Waals surface area contributed by atoms with E-state index in [1.165, 1.54) is 29.2 Å². The fourth-order valence-corrected chi connectivity index (χ4v) is 9.84. The predicted octanol–water partition coefficient (Wildman–Crippen LogP) is 3.96. The van der Waals surface area contributed by atoms with E-state index in [0.29, 0.717) is 5.69 Å². The predicted molar refractivity (Wildman–Crippen MR) is 125 cm³/mol. The van der Waals surface area contributed by atoms with E-state index in [1.807, 2.05) is 12.1 Å². The molecule has 34 heavy (non-hydrogen) atoms. The van der Waals surface area contributed by atoms with Gasteiger partial charge in [0.25, 0.3) is 0 Å². The maximum absolute atomic E-state index is 13.6. The first kappa shape index (κ1) is 20.5. The summed E-state index contributed by atoms with van der Waals surface area (Å²) in [6, 6.07) is 12.6. The summed E-state index contributed by atoms with van der Waals surface area (Å²) >= 11 is 2.77. The first-order valence-corrected chi connectivity index (χ1v) is 12.9. The molecule has 2 bridgehead atoms. The zero-order valence-electron chi connectivity index (χ0n) is 17.7. The highest BCUT2D eigenvalue weighted by Gasteiger charge is 2.69. The topological polar surface area (TPSA) is 90.5 Å². The molecule has 3 heterocycles. The molecule has 3 fully saturated rings. The first-order valence-electron chi connectivity index (χ1n) is 11.2. The van der Waals surface area contributed by atoms with Crippen LogP contribution in [0.5, 0.6) is 5.75 Å². The van der Waals surface area contributed by atoms with Crippen LogP contribution in [0.3, 0.4) is 0 Å². The molecule has 1 aromatic heterocycles. The number of amides is 2. The Labute approximate surface area is 201 Å². The Balaban J connectivity index is 1.34. The number of benzene rings is 2. The Hall–Kier alpha value is -2.91. The van der Waals surface area contributed by atoms with Crippen LogP contribution in [0.2, 0.25) is 0 Å². The van der Waals surface area contributed by atoms with Gasteiger partial charge < -0.3 is 10.1 Å². The van der Waals surface area contributed by atoms with Crippen LogP contribution in [0, 0.1) is 35.4 Å². The van der Waals surface area contributed by atoms with E-state index in [2.05, 4.69) is 4.98 Å². The molecule has 1 saturated heterocycles. The number of carbonyl (C=O) groups excluding carboxylic acids is 2. The number of halogens is 1. The molecule has 0 radical (unpaired) electrons. The molecule has 2 aliphatic carbocycles. The second-order valence-corrected chi connectivity index (χ2v) is 11.7. The number of rotatable bonds is 2. The number of aromatic nitrogens is 1. The molecule has 7 rings (SSSR count). The van der Waals surface area contributed by atoms with Gasteiger partial charge in [0, 0.05) is 21.6 Å². The van der Waals surface area contributed by atoms with Crippen molar-refractivity contribution in [2.45, 2.75) is 22.6 Å². The van der Waals surface area contributed by atoms with Crippen molar-refractivity contribution < 1.29 is 19.1 Å². The van der Waals surface area contributed by atoms with Crippen molar-refractivity contribution in [3.05, 3.63) is 74.5 Å².